The van der Waals surface area contributed by atoms with Crippen LogP contribution >= 0.6 is 0 Å². The van der Waals surface area contributed by atoms with Gasteiger partial charge < -0.3 is 10.6 Å². The van der Waals surface area contributed by atoms with Crippen molar-refractivity contribution >= 4 is 11.7 Å². The first-order chi connectivity index (χ1) is 8.22. The van der Waals surface area contributed by atoms with E-state index < -0.39 is 0 Å². The van der Waals surface area contributed by atoms with E-state index >= 15 is 0 Å². The van der Waals surface area contributed by atoms with Crippen molar-refractivity contribution in [3.63, 3.8) is 0 Å². The Balaban J connectivity index is 2.08. The number of nitrogens with one attached hydrogen (secondary N) is 2. The summed E-state index contributed by atoms with van der Waals surface area (Å²) >= 11 is 0. The van der Waals surface area contributed by atoms with Crippen LogP contribution in [-0.4, -0.2) is 24.5 Å². The van der Waals surface area contributed by atoms with Crippen LogP contribution in [0.25, 0.3) is 0 Å². The fraction of sp³-hybridized carbons (Fsp3) is 0.538. The number of nitrogens with zero attached hydrogens (tertiary/aromatic N) is 1. The van der Waals surface area contributed by atoms with Crippen molar-refractivity contribution in [1.82, 2.24) is 10.3 Å². The lowest BCUT2D eigenvalue weighted by atomic mass is 10.2. The van der Waals surface area contributed by atoms with E-state index in [1.54, 1.807) is 6.07 Å². The highest BCUT2D eigenvalue weighted by molar-refractivity contribution is 5.95. The molecule has 2 rings (SSSR count). The van der Waals surface area contributed by atoms with Crippen molar-refractivity contribution in [2.24, 2.45) is 5.92 Å². The standard InChI is InChI=1S/C13H19N3O/c1-3-11-6-10(7-12(14-2)16-11)13(17)15-8-9-4-5-9/h6-7,9H,3-5,8H2,1-2H3,(H,14,16)(H,15,17). The second-order valence-electron chi connectivity index (χ2n) is 4.49. The van der Waals surface area contributed by atoms with Gasteiger partial charge in [0.15, 0.2) is 0 Å². The number of carbonyl (C=O) groups excluding carboxylic acids is 1. The van der Waals surface area contributed by atoms with Crippen molar-refractivity contribution in [3.8, 4) is 0 Å². The molecule has 0 aromatic carbocycles. The smallest absolute Gasteiger partial charge is 0.251 e. The molecular formula is C13H19N3O. The lowest BCUT2D eigenvalue weighted by molar-refractivity contribution is 0.0951. The third-order valence-electron chi connectivity index (χ3n) is 3.01. The van der Waals surface area contributed by atoms with Gasteiger partial charge in [0.05, 0.1) is 0 Å². The van der Waals surface area contributed by atoms with Gasteiger partial charge in [-0.25, -0.2) is 4.98 Å². The Morgan fingerprint density at radius 3 is 2.82 bits per heavy atom. The molecule has 0 atom stereocenters. The largest absolute Gasteiger partial charge is 0.373 e. The van der Waals surface area contributed by atoms with E-state index in [-0.39, 0.29) is 5.91 Å². The minimum Gasteiger partial charge on any atom is -0.373 e. The van der Waals surface area contributed by atoms with Crippen molar-refractivity contribution in [2.45, 2.75) is 26.2 Å². The summed E-state index contributed by atoms with van der Waals surface area (Å²) in [7, 11) is 1.81. The van der Waals surface area contributed by atoms with Gasteiger partial charge in [-0.1, -0.05) is 6.92 Å². The maximum Gasteiger partial charge on any atom is 0.251 e. The minimum atomic E-state index is 0.00509. The van der Waals surface area contributed by atoms with Gasteiger partial charge in [0, 0.05) is 24.8 Å². The van der Waals surface area contributed by atoms with Gasteiger partial charge in [0.1, 0.15) is 5.82 Å². The Kier molecular flexibility index (Phi) is 3.61. The van der Waals surface area contributed by atoms with E-state index in [4.69, 9.17) is 0 Å². The lowest BCUT2D eigenvalue weighted by Crippen LogP contribution is -2.25. The highest BCUT2D eigenvalue weighted by Crippen LogP contribution is 2.27. The van der Waals surface area contributed by atoms with Crippen LogP contribution in [0.5, 0.6) is 0 Å². The van der Waals surface area contributed by atoms with Crippen molar-refractivity contribution in [2.75, 3.05) is 18.9 Å². The summed E-state index contributed by atoms with van der Waals surface area (Å²) in [6, 6.07) is 3.66. The average molecular weight is 233 g/mol. The van der Waals surface area contributed by atoms with Crippen LogP contribution < -0.4 is 10.6 Å². The number of amides is 1. The molecule has 1 amide bonds. The molecule has 1 aromatic heterocycles. The van der Waals surface area contributed by atoms with E-state index in [9.17, 15) is 4.79 Å². The van der Waals surface area contributed by atoms with E-state index in [0.717, 1.165) is 24.5 Å². The molecule has 4 heteroatoms. The molecule has 0 saturated heterocycles. The van der Waals surface area contributed by atoms with E-state index in [1.165, 1.54) is 12.8 Å². The molecule has 0 bridgehead atoms. The van der Waals surface area contributed by atoms with Crippen LogP contribution in [0.3, 0.4) is 0 Å². The van der Waals surface area contributed by atoms with E-state index in [2.05, 4.69) is 15.6 Å². The second-order valence-corrected chi connectivity index (χ2v) is 4.49. The molecular weight excluding hydrogens is 214 g/mol. The molecule has 1 aliphatic carbocycles. The summed E-state index contributed by atoms with van der Waals surface area (Å²) in [5.41, 5.74) is 1.63. The van der Waals surface area contributed by atoms with Crippen LogP contribution in [0.15, 0.2) is 12.1 Å². The Labute approximate surface area is 102 Å². The first kappa shape index (κ1) is 11.9. The number of anilines is 1. The van der Waals surface area contributed by atoms with Gasteiger partial charge in [0.25, 0.3) is 5.91 Å². The van der Waals surface area contributed by atoms with Crippen molar-refractivity contribution in [3.05, 3.63) is 23.4 Å². The molecule has 17 heavy (non-hydrogen) atoms. The van der Waals surface area contributed by atoms with E-state index in [1.807, 2.05) is 20.0 Å². The maximum absolute atomic E-state index is 11.9. The molecule has 1 fully saturated rings. The second kappa shape index (κ2) is 5.17. The highest BCUT2D eigenvalue weighted by atomic mass is 16.1. The maximum atomic E-state index is 11.9. The van der Waals surface area contributed by atoms with Crippen LogP contribution in [-0.2, 0) is 6.42 Å². The van der Waals surface area contributed by atoms with Crippen LogP contribution in [0.4, 0.5) is 5.82 Å². The predicted molar refractivity (Wildman–Crippen MR) is 68.2 cm³/mol. The zero-order valence-corrected chi connectivity index (χ0v) is 10.4. The normalized spacial score (nSPS) is 14.5. The summed E-state index contributed by atoms with van der Waals surface area (Å²) < 4.78 is 0. The third-order valence-corrected chi connectivity index (χ3v) is 3.01. The zero-order valence-electron chi connectivity index (χ0n) is 10.4. The topological polar surface area (TPSA) is 54.0 Å². The summed E-state index contributed by atoms with van der Waals surface area (Å²) in [5, 5.41) is 5.95. The van der Waals surface area contributed by atoms with Crippen LogP contribution in [0.2, 0.25) is 0 Å². The number of hydrogen-bond donors (Lipinski definition) is 2. The number of carbonyl (C=O) groups is 1. The van der Waals surface area contributed by atoms with Gasteiger partial charge in [0.2, 0.25) is 0 Å². The minimum absolute atomic E-state index is 0.00509. The number of rotatable bonds is 5. The molecule has 0 radical (unpaired) electrons. The SMILES string of the molecule is CCc1cc(C(=O)NCC2CC2)cc(NC)n1. The fourth-order valence-corrected chi connectivity index (χ4v) is 1.69. The van der Waals surface area contributed by atoms with Gasteiger partial charge in [-0.3, -0.25) is 4.79 Å². The summed E-state index contributed by atoms with van der Waals surface area (Å²) in [5.74, 6) is 1.46. The van der Waals surface area contributed by atoms with Gasteiger partial charge in [-0.2, -0.15) is 0 Å². The monoisotopic (exact) mass is 233 g/mol. The highest BCUT2D eigenvalue weighted by Gasteiger charge is 2.22. The predicted octanol–water partition coefficient (Wildman–Crippen LogP) is 1.83. The number of pyridine rings is 1. The quantitative estimate of drug-likeness (QED) is 0.815. The molecule has 0 aliphatic heterocycles. The first-order valence-electron chi connectivity index (χ1n) is 6.19. The van der Waals surface area contributed by atoms with Gasteiger partial charge in [-0.05, 0) is 37.3 Å². The molecule has 1 aliphatic rings. The zero-order chi connectivity index (χ0) is 12.3. The van der Waals surface area contributed by atoms with Crippen molar-refractivity contribution in [1.29, 1.82) is 0 Å². The molecule has 2 N–H and O–H groups in total. The third kappa shape index (κ3) is 3.19. The number of aromatic nitrogens is 1. The van der Waals surface area contributed by atoms with Crippen molar-refractivity contribution < 1.29 is 4.79 Å². The molecule has 0 unspecified atom stereocenters. The molecule has 1 saturated carbocycles. The Morgan fingerprint density at radius 1 is 1.47 bits per heavy atom. The van der Waals surface area contributed by atoms with Crippen LogP contribution in [0.1, 0.15) is 35.8 Å². The van der Waals surface area contributed by atoms with Gasteiger partial charge >= 0.3 is 0 Å². The molecule has 1 heterocycles. The molecule has 1 aromatic rings. The lowest BCUT2D eigenvalue weighted by Gasteiger charge is -2.08. The summed E-state index contributed by atoms with van der Waals surface area (Å²) in [6.07, 6.45) is 3.33. The first-order valence-corrected chi connectivity index (χ1v) is 6.19. The summed E-state index contributed by atoms with van der Waals surface area (Å²) in [4.78, 5) is 16.3. The Hall–Kier alpha value is -1.58. The van der Waals surface area contributed by atoms with E-state index in [0.29, 0.717) is 11.5 Å². The molecule has 4 nitrogen and oxygen atoms in total. The Morgan fingerprint density at radius 2 is 2.24 bits per heavy atom. The average Bonchev–Trinajstić information content (AvgIpc) is 3.19. The van der Waals surface area contributed by atoms with Crippen LogP contribution in [0, 0.1) is 5.92 Å². The Bertz CT molecular complexity index is 391. The summed E-state index contributed by atoms with van der Waals surface area (Å²) in [6.45, 7) is 2.84. The fourth-order valence-electron chi connectivity index (χ4n) is 1.69. The number of aryl methyl sites for hydroxylation is 1. The molecule has 0 spiro atoms. The molecule has 92 valence electrons. The number of hydrogen-bond acceptors (Lipinski definition) is 3. The van der Waals surface area contributed by atoms with Gasteiger partial charge in [-0.15, -0.1) is 0 Å².